The molecule has 0 aromatic carbocycles. The fraction of sp³-hybridized carbons (Fsp3) is 0.556. The molecule has 0 aromatic heterocycles. The molecule has 17 heavy (non-hydrogen) atoms. The van der Waals surface area contributed by atoms with Crippen LogP contribution in [-0.2, 0) is 18.4 Å². The second kappa shape index (κ2) is 5.85. The molecule has 0 atom stereocenters. The number of halogens is 3. The summed E-state index contributed by atoms with van der Waals surface area (Å²) in [7, 11) is -3.66. The van der Waals surface area contributed by atoms with Gasteiger partial charge in [-0.05, 0) is 5.70 Å². The summed E-state index contributed by atoms with van der Waals surface area (Å²) >= 11 is 0. The van der Waals surface area contributed by atoms with Gasteiger partial charge in [0.25, 0.3) is 11.9 Å². The zero-order valence-electron chi connectivity index (χ0n) is 9.47. The highest BCUT2D eigenvalue weighted by molar-refractivity contribution is 6.75. The van der Waals surface area contributed by atoms with Gasteiger partial charge in [-0.2, -0.15) is 13.2 Å². The van der Waals surface area contributed by atoms with Crippen LogP contribution in [0, 0.1) is 0 Å². The third kappa shape index (κ3) is 6.77. The zero-order chi connectivity index (χ0) is 13.7. The quantitative estimate of drug-likeness (QED) is 0.719. The number of hydrogen-bond acceptors (Lipinski definition) is 4. The van der Waals surface area contributed by atoms with Crippen LogP contribution in [0.15, 0.2) is 12.3 Å². The van der Waals surface area contributed by atoms with E-state index in [9.17, 15) is 22.8 Å². The van der Waals surface area contributed by atoms with Crippen LogP contribution in [0.1, 0.15) is 20.3 Å². The SMILES string of the molecule is C=C[Si](CCC(F)(F)F)(OC(C)=O)OC(C)=O. The van der Waals surface area contributed by atoms with Crippen molar-refractivity contribution >= 4 is 20.5 Å². The van der Waals surface area contributed by atoms with E-state index >= 15 is 0 Å². The molecular weight excluding hydrogens is 257 g/mol. The van der Waals surface area contributed by atoms with Gasteiger partial charge >= 0.3 is 14.7 Å². The first-order chi connectivity index (χ1) is 7.60. The molecule has 0 radical (unpaired) electrons. The van der Waals surface area contributed by atoms with Crippen LogP contribution in [0.3, 0.4) is 0 Å². The van der Waals surface area contributed by atoms with Crippen LogP contribution >= 0.6 is 0 Å². The lowest BCUT2D eigenvalue weighted by molar-refractivity contribution is -0.142. The molecule has 0 aliphatic rings. The summed E-state index contributed by atoms with van der Waals surface area (Å²) in [6, 6.07) is -0.584. The first kappa shape index (κ1) is 15.7. The molecule has 0 aliphatic carbocycles. The van der Waals surface area contributed by atoms with E-state index in [1.807, 2.05) is 0 Å². The summed E-state index contributed by atoms with van der Waals surface area (Å²) in [5.41, 5.74) is 1.00. The van der Waals surface area contributed by atoms with Gasteiger partial charge in [-0.1, -0.05) is 0 Å². The van der Waals surface area contributed by atoms with Gasteiger partial charge in [0.05, 0.1) is 0 Å². The van der Waals surface area contributed by atoms with Crippen molar-refractivity contribution in [1.29, 1.82) is 0 Å². The van der Waals surface area contributed by atoms with E-state index in [-0.39, 0.29) is 0 Å². The predicted molar refractivity (Wildman–Crippen MR) is 55.0 cm³/mol. The first-order valence-corrected chi connectivity index (χ1v) is 6.80. The Morgan fingerprint density at radius 3 is 1.88 bits per heavy atom. The van der Waals surface area contributed by atoms with Crippen molar-refractivity contribution in [1.82, 2.24) is 0 Å². The molecule has 0 aliphatic heterocycles. The molecular formula is C9H13F3O4Si. The van der Waals surface area contributed by atoms with Crippen molar-refractivity contribution < 1.29 is 31.6 Å². The van der Waals surface area contributed by atoms with E-state index in [1.54, 1.807) is 0 Å². The molecule has 0 heterocycles. The maximum atomic E-state index is 12.1. The summed E-state index contributed by atoms with van der Waals surface area (Å²) in [5, 5.41) is 0. The summed E-state index contributed by atoms with van der Waals surface area (Å²) in [5.74, 6) is -1.61. The molecule has 0 saturated heterocycles. The van der Waals surface area contributed by atoms with Gasteiger partial charge in [-0.15, -0.1) is 6.58 Å². The second-order valence-electron chi connectivity index (χ2n) is 3.32. The summed E-state index contributed by atoms with van der Waals surface area (Å²) in [4.78, 5) is 21.6. The average Bonchev–Trinajstić information content (AvgIpc) is 2.11. The lowest BCUT2D eigenvalue weighted by Gasteiger charge is -2.25. The molecule has 8 heteroatoms. The molecule has 0 saturated carbocycles. The molecule has 4 nitrogen and oxygen atoms in total. The van der Waals surface area contributed by atoms with Crippen molar-refractivity contribution in [3.05, 3.63) is 12.3 Å². The van der Waals surface area contributed by atoms with Crippen molar-refractivity contribution in [2.24, 2.45) is 0 Å². The van der Waals surface area contributed by atoms with Crippen molar-refractivity contribution in [3.63, 3.8) is 0 Å². The monoisotopic (exact) mass is 270 g/mol. The largest absolute Gasteiger partial charge is 0.491 e. The summed E-state index contributed by atoms with van der Waals surface area (Å²) in [6.07, 6.45) is -5.62. The molecule has 0 fully saturated rings. The minimum absolute atomic E-state index is 0.584. The normalized spacial score (nSPS) is 11.8. The van der Waals surface area contributed by atoms with E-state index < -0.39 is 39.1 Å². The number of rotatable bonds is 5. The standard InChI is InChI=1S/C9H13F3O4Si/c1-4-17(15-7(2)13,16-8(3)14)6-5-9(10,11)12/h4H,1,5-6H2,2-3H3. The van der Waals surface area contributed by atoms with Gasteiger partial charge in [0, 0.05) is 26.3 Å². The van der Waals surface area contributed by atoms with Gasteiger partial charge in [0.15, 0.2) is 0 Å². The van der Waals surface area contributed by atoms with Crippen LogP contribution in [0.25, 0.3) is 0 Å². The number of carbonyl (C=O) groups is 2. The molecule has 0 unspecified atom stereocenters. The van der Waals surface area contributed by atoms with E-state index in [1.165, 1.54) is 0 Å². The summed E-state index contributed by atoms with van der Waals surface area (Å²) in [6.45, 7) is 5.34. The van der Waals surface area contributed by atoms with Crippen molar-refractivity contribution in [2.45, 2.75) is 32.5 Å². The Kier molecular flexibility index (Phi) is 5.40. The van der Waals surface area contributed by atoms with Crippen molar-refractivity contribution in [3.8, 4) is 0 Å². The Balaban J connectivity index is 4.85. The maximum absolute atomic E-state index is 12.1. The molecule has 0 N–H and O–H groups in total. The molecule has 98 valence electrons. The molecule has 0 aromatic rings. The first-order valence-electron chi connectivity index (χ1n) is 4.70. The third-order valence-electron chi connectivity index (χ3n) is 1.70. The highest BCUT2D eigenvalue weighted by atomic mass is 28.4. The van der Waals surface area contributed by atoms with Crippen LogP contribution in [0.4, 0.5) is 13.2 Å². The smallest absolute Gasteiger partial charge is 0.482 e. The number of alkyl halides is 3. The number of hydrogen-bond donors (Lipinski definition) is 0. The van der Waals surface area contributed by atoms with Crippen LogP contribution in [-0.4, -0.2) is 26.7 Å². The van der Waals surface area contributed by atoms with Crippen molar-refractivity contribution in [2.75, 3.05) is 0 Å². The van der Waals surface area contributed by atoms with Crippen LogP contribution in [0.2, 0.25) is 6.04 Å². The van der Waals surface area contributed by atoms with E-state index in [0.717, 1.165) is 19.5 Å². The Labute approximate surface area is 97.6 Å². The minimum Gasteiger partial charge on any atom is -0.482 e. The highest BCUT2D eigenvalue weighted by Crippen LogP contribution is 2.28. The molecule has 0 bridgehead atoms. The highest BCUT2D eigenvalue weighted by Gasteiger charge is 2.44. The minimum atomic E-state index is -4.42. The molecule has 0 rings (SSSR count). The van der Waals surface area contributed by atoms with E-state index in [0.29, 0.717) is 0 Å². The Morgan fingerprint density at radius 2 is 1.65 bits per heavy atom. The summed E-state index contributed by atoms with van der Waals surface area (Å²) < 4.78 is 45.8. The molecule has 0 amide bonds. The third-order valence-corrected chi connectivity index (χ3v) is 4.54. The number of carbonyl (C=O) groups excluding carboxylic acids is 2. The lowest BCUT2D eigenvalue weighted by Crippen LogP contribution is -2.44. The van der Waals surface area contributed by atoms with Gasteiger partial charge in [0.1, 0.15) is 0 Å². The average molecular weight is 270 g/mol. The van der Waals surface area contributed by atoms with E-state index in [4.69, 9.17) is 8.85 Å². The van der Waals surface area contributed by atoms with E-state index in [2.05, 4.69) is 6.58 Å². The lowest BCUT2D eigenvalue weighted by atomic mass is 10.5. The topological polar surface area (TPSA) is 52.6 Å². The van der Waals surface area contributed by atoms with Gasteiger partial charge < -0.3 is 8.85 Å². The fourth-order valence-electron chi connectivity index (χ4n) is 1.11. The zero-order valence-corrected chi connectivity index (χ0v) is 10.5. The van der Waals surface area contributed by atoms with Crippen LogP contribution < -0.4 is 0 Å². The van der Waals surface area contributed by atoms with Gasteiger partial charge in [0.2, 0.25) is 0 Å². The predicted octanol–water partition coefficient (Wildman–Crippen LogP) is 2.23. The maximum Gasteiger partial charge on any atom is 0.491 e. The Morgan fingerprint density at radius 1 is 1.24 bits per heavy atom. The van der Waals surface area contributed by atoms with Crippen LogP contribution in [0.5, 0.6) is 0 Å². The van der Waals surface area contributed by atoms with Gasteiger partial charge in [-0.3, -0.25) is 9.59 Å². The Hall–Kier alpha value is -1.31. The fourth-order valence-corrected chi connectivity index (χ4v) is 3.33. The Bertz CT molecular complexity index is 298. The van der Waals surface area contributed by atoms with Gasteiger partial charge in [-0.25, -0.2) is 0 Å². The second-order valence-corrected chi connectivity index (χ2v) is 6.26. The molecule has 0 spiro atoms.